The minimum atomic E-state index is -0.195. The van der Waals surface area contributed by atoms with Crippen molar-refractivity contribution in [3.8, 4) is 11.5 Å². The number of ether oxygens (including phenoxy) is 3. The smallest absolute Gasteiger partial charge is 0.247 e. The van der Waals surface area contributed by atoms with Gasteiger partial charge in [0.1, 0.15) is 0 Å². The summed E-state index contributed by atoms with van der Waals surface area (Å²) in [7, 11) is 3.14. The first-order chi connectivity index (χ1) is 11.2. The highest BCUT2D eigenvalue weighted by Gasteiger charge is 2.11. The summed E-state index contributed by atoms with van der Waals surface area (Å²) in [6.45, 7) is 4.56. The molecule has 1 aliphatic rings. The average Bonchev–Trinajstić information content (AvgIpc) is 2.59. The van der Waals surface area contributed by atoms with E-state index in [0.717, 1.165) is 38.4 Å². The minimum absolute atomic E-state index is 0.195. The van der Waals surface area contributed by atoms with E-state index >= 15 is 0 Å². The molecule has 7 heteroatoms. The summed E-state index contributed by atoms with van der Waals surface area (Å²) in [4.78, 5) is 19.3. The molecule has 128 valence electrons. The molecule has 0 aliphatic carbocycles. The Hall–Kier alpha value is -1.83. The van der Waals surface area contributed by atoms with Crippen LogP contribution in [0.15, 0.2) is 18.2 Å². The summed E-state index contributed by atoms with van der Waals surface area (Å²) in [5, 5.41) is 0. The lowest BCUT2D eigenvalue weighted by Crippen LogP contribution is -2.39. The zero-order valence-electron chi connectivity index (χ0n) is 13.7. The molecule has 0 unspecified atom stereocenters. The van der Waals surface area contributed by atoms with Crippen LogP contribution in [0.3, 0.4) is 0 Å². The molecule has 1 N–H and O–H groups in total. The molecule has 23 heavy (non-hydrogen) atoms. The largest absolute Gasteiger partial charge is 0.493 e. The fraction of sp³-hybridized carbons (Fsp3) is 0.562. The fourth-order valence-electron chi connectivity index (χ4n) is 2.34. The number of rotatable bonds is 8. The van der Waals surface area contributed by atoms with Crippen LogP contribution in [0.25, 0.3) is 0 Å². The van der Waals surface area contributed by atoms with Crippen molar-refractivity contribution in [3.05, 3.63) is 23.8 Å². The van der Waals surface area contributed by atoms with Crippen LogP contribution < -0.4 is 15.0 Å². The minimum Gasteiger partial charge on any atom is -0.493 e. The van der Waals surface area contributed by atoms with Gasteiger partial charge in [0.2, 0.25) is 5.91 Å². The molecule has 1 fully saturated rings. The van der Waals surface area contributed by atoms with Crippen molar-refractivity contribution in [2.45, 2.75) is 6.42 Å². The molecule has 7 nitrogen and oxygen atoms in total. The van der Waals surface area contributed by atoms with E-state index in [1.165, 1.54) is 0 Å². The molecule has 0 saturated carbocycles. The van der Waals surface area contributed by atoms with E-state index in [4.69, 9.17) is 19.0 Å². The Labute approximate surface area is 136 Å². The van der Waals surface area contributed by atoms with Gasteiger partial charge < -0.3 is 14.2 Å². The normalized spacial score (nSPS) is 15.2. The summed E-state index contributed by atoms with van der Waals surface area (Å²) in [6.07, 6.45) is 0.220. The standard InChI is InChI=1S/C16H24N2O5/c1-20-14-4-3-13(11-15(14)21-2)12-16(19)17-23-10-7-18-5-8-22-9-6-18/h3-4,11H,5-10,12H2,1-2H3,(H,17,19). The Morgan fingerprint density at radius 1 is 1.22 bits per heavy atom. The quantitative estimate of drug-likeness (QED) is 0.559. The highest BCUT2D eigenvalue weighted by atomic mass is 16.7. The average molecular weight is 324 g/mol. The van der Waals surface area contributed by atoms with Crippen LogP contribution in [0.2, 0.25) is 0 Å². The van der Waals surface area contributed by atoms with E-state index in [1.807, 2.05) is 6.07 Å². The number of methoxy groups -OCH3 is 2. The van der Waals surface area contributed by atoms with Crippen molar-refractivity contribution in [1.82, 2.24) is 10.4 Å². The Kier molecular flexibility index (Phi) is 7.12. The van der Waals surface area contributed by atoms with Gasteiger partial charge in [0.05, 0.1) is 40.5 Å². The third-order valence-electron chi connectivity index (χ3n) is 3.61. The molecule has 1 amide bonds. The van der Waals surface area contributed by atoms with E-state index < -0.39 is 0 Å². The zero-order valence-corrected chi connectivity index (χ0v) is 13.7. The van der Waals surface area contributed by atoms with E-state index in [-0.39, 0.29) is 12.3 Å². The SMILES string of the molecule is COc1ccc(CC(=O)NOCCN2CCOCC2)cc1OC. The predicted octanol–water partition coefficient (Wildman–Crippen LogP) is 0.626. The van der Waals surface area contributed by atoms with Crippen LogP contribution in [0.5, 0.6) is 11.5 Å². The lowest BCUT2D eigenvalue weighted by Gasteiger charge is -2.26. The molecule has 1 aliphatic heterocycles. The molecular weight excluding hydrogens is 300 g/mol. The Bertz CT molecular complexity index is 503. The summed E-state index contributed by atoms with van der Waals surface area (Å²) in [5.41, 5.74) is 3.30. The second-order valence-electron chi connectivity index (χ2n) is 5.19. The van der Waals surface area contributed by atoms with Crippen molar-refractivity contribution in [3.63, 3.8) is 0 Å². The van der Waals surface area contributed by atoms with Gasteiger partial charge in [-0.1, -0.05) is 6.07 Å². The number of nitrogens with one attached hydrogen (secondary N) is 1. The third-order valence-corrected chi connectivity index (χ3v) is 3.61. The van der Waals surface area contributed by atoms with E-state index in [9.17, 15) is 4.79 Å². The van der Waals surface area contributed by atoms with Crippen LogP contribution in [-0.4, -0.2) is 64.5 Å². The molecule has 1 aromatic carbocycles. The number of hydrogen-bond donors (Lipinski definition) is 1. The van der Waals surface area contributed by atoms with E-state index in [1.54, 1.807) is 26.4 Å². The highest BCUT2D eigenvalue weighted by molar-refractivity contribution is 5.77. The Morgan fingerprint density at radius 3 is 2.65 bits per heavy atom. The maximum Gasteiger partial charge on any atom is 0.247 e. The van der Waals surface area contributed by atoms with Gasteiger partial charge in [-0.25, -0.2) is 5.48 Å². The lowest BCUT2D eigenvalue weighted by atomic mass is 10.1. The number of hydrogen-bond acceptors (Lipinski definition) is 6. The molecule has 0 aromatic heterocycles. The monoisotopic (exact) mass is 324 g/mol. The van der Waals surface area contributed by atoms with Gasteiger partial charge in [-0.3, -0.25) is 14.5 Å². The first-order valence-corrected chi connectivity index (χ1v) is 7.64. The summed E-state index contributed by atoms with van der Waals surface area (Å²) >= 11 is 0. The molecule has 2 rings (SSSR count). The van der Waals surface area contributed by atoms with E-state index in [0.29, 0.717) is 18.1 Å². The first kappa shape index (κ1) is 17.5. The molecule has 0 atom stereocenters. The summed E-state index contributed by atoms with van der Waals surface area (Å²) < 4.78 is 15.7. The van der Waals surface area contributed by atoms with Crippen LogP contribution in [-0.2, 0) is 20.8 Å². The number of amides is 1. The second kappa shape index (κ2) is 9.34. The van der Waals surface area contributed by atoms with Crippen molar-refractivity contribution >= 4 is 5.91 Å². The van der Waals surface area contributed by atoms with Crippen molar-refractivity contribution in [1.29, 1.82) is 0 Å². The van der Waals surface area contributed by atoms with Gasteiger partial charge in [-0.15, -0.1) is 0 Å². The van der Waals surface area contributed by atoms with Crippen LogP contribution >= 0.6 is 0 Å². The van der Waals surface area contributed by atoms with Gasteiger partial charge in [0.15, 0.2) is 11.5 Å². The van der Waals surface area contributed by atoms with Gasteiger partial charge in [0, 0.05) is 19.6 Å². The van der Waals surface area contributed by atoms with Crippen LogP contribution in [0, 0.1) is 0 Å². The first-order valence-electron chi connectivity index (χ1n) is 7.64. The molecule has 0 spiro atoms. The number of nitrogens with zero attached hydrogens (tertiary/aromatic N) is 1. The Balaban J connectivity index is 1.69. The summed E-state index contributed by atoms with van der Waals surface area (Å²) in [5.74, 6) is 1.05. The highest BCUT2D eigenvalue weighted by Crippen LogP contribution is 2.27. The fourth-order valence-corrected chi connectivity index (χ4v) is 2.34. The number of carbonyl (C=O) groups is 1. The van der Waals surface area contributed by atoms with Gasteiger partial charge in [-0.2, -0.15) is 0 Å². The number of benzene rings is 1. The molecule has 1 heterocycles. The van der Waals surface area contributed by atoms with E-state index in [2.05, 4.69) is 10.4 Å². The number of carbonyl (C=O) groups excluding carboxylic acids is 1. The Morgan fingerprint density at radius 2 is 1.96 bits per heavy atom. The topological polar surface area (TPSA) is 69.3 Å². The third kappa shape index (κ3) is 5.70. The predicted molar refractivity (Wildman–Crippen MR) is 84.6 cm³/mol. The molecule has 0 bridgehead atoms. The van der Waals surface area contributed by atoms with Crippen LogP contribution in [0.1, 0.15) is 5.56 Å². The van der Waals surface area contributed by atoms with Gasteiger partial charge >= 0.3 is 0 Å². The summed E-state index contributed by atoms with van der Waals surface area (Å²) in [6, 6.07) is 5.39. The molecule has 1 saturated heterocycles. The molecule has 0 radical (unpaired) electrons. The van der Waals surface area contributed by atoms with Crippen LogP contribution in [0.4, 0.5) is 0 Å². The second-order valence-corrected chi connectivity index (χ2v) is 5.19. The van der Waals surface area contributed by atoms with Crippen molar-refractivity contribution in [2.24, 2.45) is 0 Å². The number of hydroxylamine groups is 1. The lowest BCUT2D eigenvalue weighted by molar-refractivity contribution is -0.133. The van der Waals surface area contributed by atoms with Gasteiger partial charge in [-0.05, 0) is 17.7 Å². The maximum atomic E-state index is 11.9. The van der Waals surface area contributed by atoms with Gasteiger partial charge in [0.25, 0.3) is 0 Å². The van der Waals surface area contributed by atoms with Crippen molar-refractivity contribution < 1.29 is 23.8 Å². The molecule has 1 aromatic rings. The van der Waals surface area contributed by atoms with Crippen molar-refractivity contribution in [2.75, 3.05) is 53.7 Å². The zero-order chi connectivity index (χ0) is 16.5. The maximum absolute atomic E-state index is 11.9. The molecular formula is C16H24N2O5. The number of morpholine rings is 1.